The first kappa shape index (κ1) is 14.6. The molecule has 0 aliphatic heterocycles. The summed E-state index contributed by atoms with van der Waals surface area (Å²) in [5.41, 5.74) is 1.31. The fraction of sp³-hybridized carbons (Fsp3) is 0.812. The van der Waals surface area contributed by atoms with Crippen molar-refractivity contribution in [2.75, 3.05) is 0 Å². The molecule has 0 amide bonds. The predicted octanol–water partition coefficient (Wildman–Crippen LogP) is 3.45. The van der Waals surface area contributed by atoms with Crippen LogP contribution in [0.25, 0.3) is 0 Å². The molecule has 1 N–H and O–H groups in total. The molecule has 3 heteroatoms. The second kappa shape index (κ2) is 6.56. The zero-order valence-corrected chi connectivity index (χ0v) is 12.9. The molecule has 19 heavy (non-hydrogen) atoms. The van der Waals surface area contributed by atoms with Crippen molar-refractivity contribution in [2.45, 2.75) is 66.1 Å². The maximum Gasteiger partial charge on any atom is 0.0522 e. The van der Waals surface area contributed by atoms with Crippen molar-refractivity contribution in [3.05, 3.63) is 18.0 Å². The van der Waals surface area contributed by atoms with Gasteiger partial charge in [-0.1, -0.05) is 27.2 Å². The van der Waals surface area contributed by atoms with E-state index in [1.807, 2.05) is 6.20 Å². The van der Waals surface area contributed by atoms with Gasteiger partial charge >= 0.3 is 0 Å². The van der Waals surface area contributed by atoms with Gasteiger partial charge in [0.05, 0.1) is 5.69 Å². The number of aromatic nitrogens is 2. The summed E-state index contributed by atoms with van der Waals surface area (Å²) in [5, 5.41) is 8.14. The second-order valence-electron chi connectivity index (χ2n) is 6.45. The Bertz CT molecular complexity index is 383. The highest BCUT2D eigenvalue weighted by Gasteiger charge is 2.30. The first-order valence-electron chi connectivity index (χ1n) is 7.85. The van der Waals surface area contributed by atoms with Gasteiger partial charge in [0.1, 0.15) is 0 Å². The maximum absolute atomic E-state index is 4.34. The Morgan fingerprint density at radius 1 is 1.42 bits per heavy atom. The number of hydrogen-bond acceptors (Lipinski definition) is 2. The van der Waals surface area contributed by atoms with E-state index in [9.17, 15) is 0 Å². The van der Waals surface area contributed by atoms with Gasteiger partial charge in [0, 0.05) is 25.3 Å². The minimum absolute atomic E-state index is 0.670. The summed E-state index contributed by atoms with van der Waals surface area (Å²) in [4.78, 5) is 0. The van der Waals surface area contributed by atoms with Gasteiger partial charge < -0.3 is 5.32 Å². The quantitative estimate of drug-likeness (QED) is 0.881. The Balaban J connectivity index is 1.95. The van der Waals surface area contributed by atoms with E-state index >= 15 is 0 Å². The molecule has 1 saturated carbocycles. The van der Waals surface area contributed by atoms with Crippen molar-refractivity contribution in [1.82, 2.24) is 15.1 Å². The highest BCUT2D eigenvalue weighted by Crippen LogP contribution is 2.33. The first-order chi connectivity index (χ1) is 9.11. The van der Waals surface area contributed by atoms with Crippen LogP contribution in [0.5, 0.6) is 0 Å². The van der Waals surface area contributed by atoms with Crippen LogP contribution >= 0.6 is 0 Å². The molecule has 108 valence electrons. The SMILES string of the molecule is CCn1nccc1CNC1CC(C)CCC1C(C)C. The fourth-order valence-electron chi connectivity index (χ4n) is 3.47. The van der Waals surface area contributed by atoms with E-state index in [0.717, 1.165) is 30.8 Å². The molecule has 1 heterocycles. The summed E-state index contributed by atoms with van der Waals surface area (Å²) in [7, 11) is 0. The monoisotopic (exact) mass is 263 g/mol. The number of nitrogens with one attached hydrogen (secondary N) is 1. The zero-order chi connectivity index (χ0) is 13.8. The summed E-state index contributed by atoms with van der Waals surface area (Å²) < 4.78 is 2.09. The minimum Gasteiger partial charge on any atom is -0.308 e. The third-order valence-electron chi connectivity index (χ3n) is 4.67. The molecule has 1 aromatic heterocycles. The van der Waals surface area contributed by atoms with Crippen molar-refractivity contribution in [3.63, 3.8) is 0 Å². The van der Waals surface area contributed by atoms with Gasteiger partial charge in [0.25, 0.3) is 0 Å². The van der Waals surface area contributed by atoms with Crippen molar-refractivity contribution in [2.24, 2.45) is 17.8 Å². The van der Waals surface area contributed by atoms with Crippen LogP contribution in [0.3, 0.4) is 0 Å². The van der Waals surface area contributed by atoms with Crippen molar-refractivity contribution >= 4 is 0 Å². The molecular formula is C16H29N3. The fourth-order valence-corrected chi connectivity index (χ4v) is 3.47. The Kier molecular flexibility index (Phi) is 5.03. The van der Waals surface area contributed by atoms with Crippen LogP contribution < -0.4 is 5.32 Å². The van der Waals surface area contributed by atoms with E-state index < -0.39 is 0 Å². The standard InChI is InChI=1S/C16H29N3/c1-5-19-14(8-9-18-19)11-17-16-10-13(4)6-7-15(16)12(2)3/h8-9,12-13,15-17H,5-7,10-11H2,1-4H3. The van der Waals surface area contributed by atoms with Crippen molar-refractivity contribution < 1.29 is 0 Å². The Labute approximate surface area is 117 Å². The number of rotatable bonds is 5. The molecule has 1 aliphatic rings. The molecule has 0 saturated heterocycles. The van der Waals surface area contributed by atoms with Crippen LogP contribution in [-0.2, 0) is 13.1 Å². The summed E-state index contributed by atoms with van der Waals surface area (Å²) in [6.07, 6.45) is 6.00. The predicted molar refractivity (Wildman–Crippen MR) is 79.9 cm³/mol. The first-order valence-corrected chi connectivity index (χ1v) is 7.85. The van der Waals surface area contributed by atoms with Gasteiger partial charge in [-0.2, -0.15) is 5.10 Å². The van der Waals surface area contributed by atoms with E-state index in [2.05, 4.69) is 48.9 Å². The molecule has 0 aromatic carbocycles. The molecule has 3 atom stereocenters. The molecule has 1 aliphatic carbocycles. The van der Waals surface area contributed by atoms with E-state index in [0.29, 0.717) is 6.04 Å². The topological polar surface area (TPSA) is 29.9 Å². The van der Waals surface area contributed by atoms with Crippen LogP contribution in [0, 0.1) is 17.8 Å². The normalized spacial score (nSPS) is 27.9. The Morgan fingerprint density at radius 3 is 2.89 bits per heavy atom. The van der Waals surface area contributed by atoms with Crippen molar-refractivity contribution in [3.8, 4) is 0 Å². The molecule has 3 nitrogen and oxygen atoms in total. The van der Waals surface area contributed by atoms with E-state index in [1.54, 1.807) is 0 Å². The number of nitrogens with zero attached hydrogens (tertiary/aromatic N) is 2. The van der Waals surface area contributed by atoms with Crippen LogP contribution in [0.1, 0.15) is 52.7 Å². The van der Waals surface area contributed by atoms with Gasteiger partial charge in [-0.15, -0.1) is 0 Å². The maximum atomic E-state index is 4.34. The second-order valence-corrected chi connectivity index (χ2v) is 6.45. The molecular weight excluding hydrogens is 234 g/mol. The molecule has 0 radical (unpaired) electrons. The third-order valence-corrected chi connectivity index (χ3v) is 4.67. The number of hydrogen-bond donors (Lipinski definition) is 1. The molecule has 0 spiro atoms. The smallest absolute Gasteiger partial charge is 0.0522 e. The molecule has 0 bridgehead atoms. The number of aryl methyl sites for hydroxylation is 1. The highest BCUT2D eigenvalue weighted by molar-refractivity contribution is 5.01. The van der Waals surface area contributed by atoms with Gasteiger partial charge in [-0.25, -0.2) is 0 Å². The molecule has 1 fully saturated rings. The van der Waals surface area contributed by atoms with Gasteiger partial charge in [-0.05, 0) is 43.6 Å². The summed E-state index contributed by atoms with van der Waals surface area (Å²) in [5.74, 6) is 2.47. The van der Waals surface area contributed by atoms with Gasteiger partial charge in [0.2, 0.25) is 0 Å². The average Bonchev–Trinajstić information content (AvgIpc) is 2.83. The average molecular weight is 263 g/mol. The highest BCUT2D eigenvalue weighted by atomic mass is 15.3. The van der Waals surface area contributed by atoms with Gasteiger partial charge in [-0.3, -0.25) is 4.68 Å². The largest absolute Gasteiger partial charge is 0.308 e. The van der Waals surface area contributed by atoms with E-state index in [-0.39, 0.29) is 0 Å². The van der Waals surface area contributed by atoms with Crippen LogP contribution in [0.2, 0.25) is 0 Å². The van der Waals surface area contributed by atoms with Crippen LogP contribution in [-0.4, -0.2) is 15.8 Å². The lowest BCUT2D eigenvalue weighted by Gasteiger charge is -2.38. The summed E-state index contributed by atoms with van der Waals surface area (Å²) in [6.45, 7) is 11.2. The van der Waals surface area contributed by atoms with Crippen LogP contribution in [0.4, 0.5) is 0 Å². The van der Waals surface area contributed by atoms with Gasteiger partial charge in [0.15, 0.2) is 0 Å². The Hall–Kier alpha value is -0.830. The van der Waals surface area contributed by atoms with E-state index in [1.165, 1.54) is 25.0 Å². The summed E-state index contributed by atoms with van der Waals surface area (Å²) in [6, 6.07) is 2.80. The van der Waals surface area contributed by atoms with Crippen molar-refractivity contribution in [1.29, 1.82) is 0 Å². The zero-order valence-electron chi connectivity index (χ0n) is 12.9. The third kappa shape index (κ3) is 3.59. The van der Waals surface area contributed by atoms with Crippen LogP contribution in [0.15, 0.2) is 12.3 Å². The lowest BCUT2D eigenvalue weighted by atomic mass is 9.74. The lowest BCUT2D eigenvalue weighted by Crippen LogP contribution is -2.42. The molecule has 3 unspecified atom stereocenters. The Morgan fingerprint density at radius 2 is 2.21 bits per heavy atom. The minimum atomic E-state index is 0.670. The molecule has 2 rings (SSSR count). The lowest BCUT2D eigenvalue weighted by molar-refractivity contribution is 0.168. The molecule has 1 aromatic rings. The van der Waals surface area contributed by atoms with E-state index in [4.69, 9.17) is 0 Å². The summed E-state index contributed by atoms with van der Waals surface area (Å²) >= 11 is 0.